The Labute approximate surface area is 169 Å². The molecule has 0 bridgehead atoms. The van der Waals surface area contributed by atoms with Gasteiger partial charge in [0.05, 0.1) is 5.69 Å². The SMILES string of the molecule is O=C(c1cc(-c2ccccc2)n[nH]1)N(CCc1ccccn1)Cc1cccnc1. The van der Waals surface area contributed by atoms with Gasteiger partial charge in [0, 0.05) is 49.4 Å². The molecule has 0 spiro atoms. The van der Waals surface area contributed by atoms with Crippen LogP contribution >= 0.6 is 0 Å². The number of carbonyl (C=O) groups excluding carboxylic acids is 1. The molecule has 6 heteroatoms. The van der Waals surface area contributed by atoms with E-state index in [0.717, 1.165) is 22.5 Å². The minimum absolute atomic E-state index is 0.0977. The standard InChI is InChI=1S/C23H21N5O/c29-23(22-15-21(26-27-22)19-8-2-1-3-9-19)28(17-18-7-6-12-24-16-18)14-11-20-10-4-5-13-25-20/h1-10,12-13,15-16H,11,14,17H2,(H,26,27). The van der Waals surface area contributed by atoms with Gasteiger partial charge in [0.15, 0.2) is 0 Å². The lowest BCUT2D eigenvalue weighted by molar-refractivity contribution is 0.0738. The van der Waals surface area contributed by atoms with Crippen LogP contribution in [0.5, 0.6) is 0 Å². The summed E-state index contributed by atoms with van der Waals surface area (Å²) >= 11 is 0. The van der Waals surface area contributed by atoms with Crippen molar-refractivity contribution in [2.24, 2.45) is 0 Å². The van der Waals surface area contributed by atoms with E-state index in [1.807, 2.05) is 60.7 Å². The number of nitrogens with zero attached hydrogens (tertiary/aromatic N) is 4. The van der Waals surface area contributed by atoms with Crippen LogP contribution in [0.25, 0.3) is 11.3 Å². The maximum atomic E-state index is 13.2. The van der Waals surface area contributed by atoms with Crippen molar-refractivity contribution in [3.05, 3.63) is 102 Å². The first kappa shape index (κ1) is 18.6. The molecule has 6 nitrogen and oxygen atoms in total. The number of carbonyl (C=O) groups is 1. The van der Waals surface area contributed by atoms with Gasteiger partial charge in [-0.25, -0.2) is 0 Å². The maximum Gasteiger partial charge on any atom is 0.272 e. The minimum atomic E-state index is -0.0977. The Balaban J connectivity index is 1.54. The van der Waals surface area contributed by atoms with Gasteiger partial charge in [-0.15, -0.1) is 0 Å². The Morgan fingerprint density at radius 1 is 0.966 bits per heavy atom. The fraction of sp³-hybridized carbons (Fsp3) is 0.130. The van der Waals surface area contributed by atoms with Crippen molar-refractivity contribution in [3.63, 3.8) is 0 Å². The van der Waals surface area contributed by atoms with Gasteiger partial charge < -0.3 is 4.90 Å². The normalized spacial score (nSPS) is 10.6. The third-order valence-electron chi connectivity index (χ3n) is 4.63. The summed E-state index contributed by atoms with van der Waals surface area (Å²) in [6, 6.07) is 21.3. The van der Waals surface area contributed by atoms with E-state index in [-0.39, 0.29) is 5.91 Å². The van der Waals surface area contributed by atoms with Crippen molar-refractivity contribution in [1.82, 2.24) is 25.1 Å². The molecule has 1 aromatic carbocycles. The van der Waals surface area contributed by atoms with E-state index < -0.39 is 0 Å². The summed E-state index contributed by atoms with van der Waals surface area (Å²) in [7, 11) is 0. The molecule has 0 unspecified atom stereocenters. The number of nitrogens with one attached hydrogen (secondary N) is 1. The first-order valence-corrected chi connectivity index (χ1v) is 9.48. The zero-order valence-electron chi connectivity index (χ0n) is 15.9. The third kappa shape index (κ3) is 4.73. The third-order valence-corrected chi connectivity index (χ3v) is 4.63. The van der Waals surface area contributed by atoms with E-state index in [0.29, 0.717) is 25.2 Å². The largest absolute Gasteiger partial charge is 0.333 e. The van der Waals surface area contributed by atoms with Gasteiger partial charge in [-0.3, -0.25) is 19.9 Å². The van der Waals surface area contributed by atoms with Crippen molar-refractivity contribution >= 4 is 5.91 Å². The van der Waals surface area contributed by atoms with E-state index in [2.05, 4.69) is 20.2 Å². The monoisotopic (exact) mass is 383 g/mol. The molecule has 1 amide bonds. The molecule has 1 N–H and O–H groups in total. The molecule has 3 heterocycles. The molecule has 0 saturated carbocycles. The molecular formula is C23H21N5O. The van der Waals surface area contributed by atoms with Crippen LogP contribution in [0, 0.1) is 0 Å². The number of benzene rings is 1. The zero-order valence-corrected chi connectivity index (χ0v) is 15.9. The lowest BCUT2D eigenvalue weighted by Gasteiger charge is -2.22. The summed E-state index contributed by atoms with van der Waals surface area (Å²) in [5.41, 5.74) is 4.11. The van der Waals surface area contributed by atoms with Crippen LogP contribution in [0.4, 0.5) is 0 Å². The first-order chi connectivity index (χ1) is 14.3. The van der Waals surface area contributed by atoms with E-state index in [1.54, 1.807) is 29.6 Å². The van der Waals surface area contributed by atoms with Gasteiger partial charge in [0.1, 0.15) is 5.69 Å². The summed E-state index contributed by atoms with van der Waals surface area (Å²) < 4.78 is 0. The van der Waals surface area contributed by atoms with Crippen molar-refractivity contribution in [2.45, 2.75) is 13.0 Å². The average Bonchev–Trinajstić information content (AvgIpc) is 3.28. The second kappa shape index (κ2) is 8.93. The average molecular weight is 383 g/mol. The highest BCUT2D eigenvalue weighted by atomic mass is 16.2. The maximum absolute atomic E-state index is 13.2. The number of amides is 1. The number of rotatable bonds is 7. The molecule has 3 aromatic heterocycles. The lowest BCUT2D eigenvalue weighted by atomic mass is 10.1. The van der Waals surface area contributed by atoms with Crippen LogP contribution in [-0.2, 0) is 13.0 Å². The molecule has 0 atom stereocenters. The predicted octanol–water partition coefficient (Wildman–Crippen LogP) is 3.75. The highest BCUT2D eigenvalue weighted by Gasteiger charge is 2.19. The second-order valence-electron chi connectivity index (χ2n) is 6.69. The smallest absolute Gasteiger partial charge is 0.272 e. The molecule has 4 rings (SSSR count). The van der Waals surface area contributed by atoms with Crippen LogP contribution in [-0.4, -0.2) is 37.5 Å². The molecule has 0 saturated heterocycles. The number of pyridine rings is 2. The quantitative estimate of drug-likeness (QED) is 0.527. The fourth-order valence-electron chi connectivity index (χ4n) is 3.12. The van der Waals surface area contributed by atoms with Crippen LogP contribution in [0.2, 0.25) is 0 Å². The Bertz CT molecular complexity index is 1050. The molecule has 0 fully saturated rings. The lowest BCUT2D eigenvalue weighted by Crippen LogP contribution is -2.33. The molecule has 4 aromatic rings. The minimum Gasteiger partial charge on any atom is -0.333 e. The van der Waals surface area contributed by atoms with Crippen LogP contribution in [0.15, 0.2) is 85.3 Å². The molecular weight excluding hydrogens is 362 g/mol. The summed E-state index contributed by atoms with van der Waals surface area (Å²) in [4.78, 5) is 23.6. The summed E-state index contributed by atoms with van der Waals surface area (Å²) in [6.45, 7) is 1.02. The molecule has 0 radical (unpaired) electrons. The highest BCUT2D eigenvalue weighted by Crippen LogP contribution is 2.18. The van der Waals surface area contributed by atoms with Gasteiger partial charge in [-0.05, 0) is 29.8 Å². The zero-order chi connectivity index (χ0) is 19.9. The molecule has 0 aliphatic heterocycles. The van der Waals surface area contributed by atoms with Gasteiger partial charge in [0.25, 0.3) is 5.91 Å². The van der Waals surface area contributed by atoms with Crippen LogP contribution in [0.3, 0.4) is 0 Å². The molecule has 0 aliphatic rings. The van der Waals surface area contributed by atoms with E-state index in [9.17, 15) is 4.79 Å². The number of hydrogen-bond acceptors (Lipinski definition) is 4. The van der Waals surface area contributed by atoms with Crippen molar-refractivity contribution in [3.8, 4) is 11.3 Å². The second-order valence-corrected chi connectivity index (χ2v) is 6.69. The van der Waals surface area contributed by atoms with Crippen molar-refractivity contribution in [1.29, 1.82) is 0 Å². The van der Waals surface area contributed by atoms with Crippen LogP contribution in [0.1, 0.15) is 21.7 Å². The molecule has 144 valence electrons. The number of aromatic amines is 1. The Hall–Kier alpha value is -3.80. The Morgan fingerprint density at radius 3 is 2.59 bits per heavy atom. The topological polar surface area (TPSA) is 74.8 Å². The van der Waals surface area contributed by atoms with Gasteiger partial charge in [0.2, 0.25) is 0 Å². The highest BCUT2D eigenvalue weighted by molar-refractivity contribution is 5.93. The number of hydrogen-bond donors (Lipinski definition) is 1. The van der Waals surface area contributed by atoms with Crippen molar-refractivity contribution in [2.75, 3.05) is 6.54 Å². The number of H-pyrrole nitrogens is 1. The van der Waals surface area contributed by atoms with E-state index >= 15 is 0 Å². The number of aromatic nitrogens is 4. The van der Waals surface area contributed by atoms with Gasteiger partial charge in [-0.1, -0.05) is 42.5 Å². The van der Waals surface area contributed by atoms with Gasteiger partial charge in [-0.2, -0.15) is 5.10 Å². The van der Waals surface area contributed by atoms with Crippen LogP contribution < -0.4 is 0 Å². The first-order valence-electron chi connectivity index (χ1n) is 9.48. The Morgan fingerprint density at radius 2 is 1.83 bits per heavy atom. The molecule has 29 heavy (non-hydrogen) atoms. The summed E-state index contributed by atoms with van der Waals surface area (Å²) in [5, 5.41) is 7.21. The molecule has 0 aliphatic carbocycles. The summed E-state index contributed by atoms with van der Waals surface area (Å²) in [5.74, 6) is -0.0977. The van der Waals surface area contributed by atoms with Crippen molar-refractivity contribution < 1.29 is 4.79 Å². The Kier molecular flexibility index (Phi) is 5.71. The van der Waals surface area contributed by atoms with Gasteiger partial charge >= 0.3 is 0 Å². The fourth-order valence-corrected chi connectivity index (χ4v) is 3.12. The predicted molar refractivity (Wildman–Crippen MR) is 111 cm³/mol. The van der Waals surface area contributed by atoms with E-state index in [4.69, 9.17) is 0 Å². The van der Waals surface area contributed by atoms with E-state index in [1.165, 1.54) is 0 Å². The summed E-state index contributed by atoms with van der Waals surface area (Å²) in [6.07, 6.45) is 5.95.